The molecule has 0 radical (unpaired) electrons. The number of amides is 1. The highest BCUT2D eigenvalue weighted by Gasteiger charge is 2.18. The maximum Gasteiger partial charge on any atom is 0.260 e. The van der Waals surface area contributed by atoms with Gasteiger partial charge in [-0.1, -0.05) is 35.9 Å². The van der Waals surface area contributed by atoms with Crippen molar-refractivity contribution in [3.63, 3.8) is 0 Å². The Kier molecular flexibility index (Phi) is 5.88. The van der Waals surface area contributed by atoms with E-state index in [0.717, 1.165) is 5.56 Å². The second-order valence-electron chi connectivity index (χ2n) is 7.81. The van der Waals surface area contributed by atoms with E-state index in [1.165, 1.54) is 17.6 Å². The Labute approximate surface area is 205 Å². The highest BCUT2D eigenvalue weighted by atomic mass is 35.5. The number of hydrogen-bond acceptors (Lipinski definition) is 5. The summed E-state index contributed by atoms with van der Waals surface area (Å²) in [4.78, 5) is 31.1. The number of fused-ring (bicyclic) bond motifs is 3. The molecule has 0 aliphatic heterocycles. The Bertz CT molecular complexity index is 1640. The van der Waals surface area contributed by atoms with Crippen molar-refractivity contribution in [3.05, 3.63) is 88.2 Å². The standard InChI is InChI=1S/C26H21ClN4O4/c1-34-18-7-5-6-16(12-18)19-14-25(33)31-22-9-4-3-8-21(22)30(26(31)29-19)15-24(32)28-20-13-17(27)10-11-23(20)35-2/h3-14H,15H2,1-2H3,(H,28,32). The number of benzene rings is 3. The zero-order valence-corrected chi connectivity index (χ0v) is 19.7. The molecule has 0 aliphatic rings. The molecule has 0 spiro atoms. The summed E-state index contributed by atoms with van der Waals surface area (Å²) in [6, 6.07) is 21.1. The molecule has 2 aromatic heterocycles. The van der Waals surface area contributed by atoms with Crippen LogP contribution in [0.4, 0.5) is 5.69 Å². The molecule has 5 rings (SSSR count). The summed E-state index contributed by atoms with van der Waals surface area (Å²) in [5.41, 5.74) is 2.77. The molecule has 8 nitrogen and oxygen atoms in total. The van der Waals surface area contributed by atoms with Crippen molar-refractivity contribution in [2.75, 3.05) is 19.5 Å². The molecule has 1 amide bonds. The van der Waals surface area contributed by atoms with Crippen molar-refractivity contribution in [2.45, 2.75) is 6.54 Å². The first-order chi connectivity index (χ1) is 17.0. The average Bonchev–Trinajstić information content (AvgIpc) is 3.18. The minimum atomic E-state index is -0.324. The Balaban J connectivity index is 1.62. The van der Waals surface area contributed by atoms with Gasteiger partial charge in [-0.15, -0.1) is 0 Å². The van der Waals surface area contributed by atoms with Gasteiger partial charge in [-0.05, 0) is 42.5 Å². The molecule has 0 fully saturated rings. The first-order valence-electron chi connectivity index (χ1n) is 10.8. The fourth-order valence-electron chi connectivity index (χ4n) is 4.06. The van der Waals surface area contributed by atoms with Gasteiger partial charge in [0.1, 0.15) is 18.0 Å². The molecular weight excluding hydrogens is 468 g/mol. The quantitative estimate of drug-likeness (QED) is 0.376. The summed E-state index contributed by atoms with van der Waals surface area (Å²) in [6.45, 7) is -0.0827. The summed E-state index contributed by atoms with van der Waals surface area (Å²) in [7, 11) is 3.10. The van der Waals surface area contributed by atoms with Gasteiger partial charge in [0.2, 0.25) is 11.7 Å². The number of carbonyl (C=O) groups is 1. The number of nitrogens with one attached hydrogen (secondary N) is 1. The monoisotopic (exact) mass is 488 g/mol. The lowest BCUT2D eigenvalue weighted by Gasteiger charge is -2.12. The Morgan fingerprint density at radius 2 is 1.77 bits per heavy atom. The number of aromatic nitrogens is 3. The van der Waals surface area contributed by atoms with Gasteiger partial charge in [-0.25, -0.2) is 9.38 Å². The van der Waals surface area contributed by atoms with Crippen LogP contribution < -0.4 is 20.3 Å². The smallest absolute Gasteiger partial charge is 0.260 e. The average molecular weight is 489 g/mol. The Hall–Kier alpha value is -4.30. The predicted molar refractivity (Wildman–Crippen MR) is 136 cm³/mol. The van der Waals surface area contributed by atoms with Crippen molar-refractivity contribution < 1.29 is 14.3 Å². The van der Waals surface area contributed by atoms with E-state index >= 15 is 0 Å². The van der Waals surface area contributed by atoms with Crippen LogP contribution in [0.1, 0.15) is 0 Å². The van der Waals surface area contributed by atoms with Crippen molar-refractivity contribution in [1.82, 2.24) is 14.0 Å². The van der Waals surface area contributed by atoms with Crippen molar-refractivity contribution in [3.8, 4) is 22.8 Å². The molecule has 0 bridgehead atoms. The molecule has 0 unspecified atom stereocenters. The molecule has 1 N–H and O–H groups in total. The molecule has 0 saturated carbocycles. The van der Waals surface area contributed by atoms with Gasteiger partial charge in [0, 0.05) is 16.7 Å². The van der Waals surface area contributed by atoms with E-state index < -0.39 is 0 Å². The summed E-state index contributed by atoms with van der Waals surface area (Å²) >= 11 is 6.10. The second kappa shape index (κ2) is 9.15. The lowest BCUT2D eigenvalue weighted by atomic mass is 10.1. The van der Waals surface area contributed by atoms with E-state index in [1.54, 1.807) is 29.9 Å². The summed E-state index contributed by atoms with van der Waals surface area (Å²) in [5.74, 6) is 1.17. The summed E-state index contributed by atoms with van der Waals surface area (Å²) < 4.78 is 13.9. The van der Waals surface area contributed by atoms with Crippen LogP contribution in [0.5, 0.6) is 11.5 Å². The van der Waals surface area contributed by atoms with Gasteiger partial charge in [-0.2, -0.15) is 0 Å². The van der Waals surface area contributed by atoms with E-state index in [4.69, 9.17) is 26.1 Å². The zero-order chi connectivity index (χ0) is 24.5. The van der Waals surface area contributed by atoms with Crippen LogP contribution in [-0.4, -0.2) is 34.1 Å². The lowest BCUT2D eigenvalue weighted by molar-refractivity contribution is -0.116. The molecular formula is C26H21ClN4O4. The van der Waals surface area contributed by atoms with Gasteiger partial charge in [0.25, 0.3) is 5.56 Å². The van der Waals surface area contributed by atoms with Gasteiger partial charge < -0.3 is 19.4 Å². The third kappa shape index (κ3) is 4.20. The van der Waals surface area contributed by atoms with Crippen molar-refractivity contribution in [2.24, 2.45) is 0 Å². The number of imidazole rings is 1. The second-order valence-corrected chi connectivity index (χ2v) is 8.25. The van der Waals surface area contributed by atoms with Crippen LogP contribution in [-0.2, 0) is 11.3 Å². The van der Waals surface area contributed by atoms with Crippen LogP contribution in [0.3, 0.4) is 0 Å². The molecule has 0 atom stereocenters. The normalized spacial score (nSPS) is 11.1. The largest absolute Gasteiger partial charge is 0.497 e. The third-order valence-electron chi connectivity index (χ3n) is 5.66. The van der Waals surface area contributed by atoms with E-state index in [1.807, 2.05) is 48.5 Å². The number of para-hydroxylation sites is 2. The fraction of sp³-hybridized carbons (Fsp3) is 0.115. The highest BCUT2D eigenvalue weighted by Crippen LogP contribution is 2.28. The van der Waals surface area contributed by atoms with E-state index in [0.29, 0.717) is 44.7 Å². The number of hydrogen-bond donors (Lipinski definition) is 1. The van der Waals surface area contributed by atoms with Gasteiger partial charge in [-0.3, -0.25) is 9.59 Å². The molecule has 5 aromatic rings. The summed E-state index contributed by atoms with van der Waals surface area (Å²) in [5, 5.41) is 3.31. The molecule has 0 saturated heterocycles. The molecule has 0 aliphatic carbocycles. The number of halogens is 1. The van der Waals surface area contributed by atoms with E-state index in [-0.39, 0.29) is 18.0 Å². The minimum Gasteiger partial charge on any atom is -0.497 e. The number of anilines is 1. The fourth-order valence-corrected chi connectivity index (χ4v) is 4.24. The number of rotatable bonds is 6. The van der Waals surface area contributed by atoms with Crippen LogP contribution >= 0.6 is 11.6 Å². The SMILES string of the molecule is COc1cccc(-c2cc(=O)n3c4ccccc4n(CC(=O)Nc4cc(Cl)ccc4OC)c3n2)c1. The molecule has 9 heteroatoms. The number of carbonyl (C=O) groups excluding carboxylic acids is 1. The van der Waals surface area contributed by atoms with Gasteiger partial charge in [0.05, 0.1) is 36.6 Å². The first kappa shape index (κ1) is 22.5. The number of methoxy groups -OCH3 is 2. The predicted octanol–water partition coefficient (Wildman–Crippen LogP) is 4.63. The first-order valence-corrected chi connectivity index (χ1v) is 11.1. The maximum atomic E-state index is 13.2. The van der Waals surface area contributed by atoms with E-state index in [9.17, 15) is 9.59 Å². The molecule has 176 valence electrons. The van der Waals surface area contributed by atoms with Crippen molar-refractivity contribution in [1.29, 1.82) is 0 Å². The molecule has 2 heterocycles. The summed E-state index contributed by atoms with van der Waals surface area (Å²) in [6.07, 6.45) is 0. The van der Waals surface area contributed by atoms with Gasteiger partial charge >= 0.3 is 0 Å². The van der Waals surface area contributed by atoms with Crippen LogP contribution in [0.2, 0.25) is 5.02 Å². The molecule has 35 heavy (non-hydrogen) atoms. The van der Waals surface area contributed by atoms with Crippen molar-refractivity contribution >= 4 is 40.0 Å². The lowest BCUT2D eigenvalue weighted by Crippen LogP contribution is -2.21. The Morgan fingerprint density at radius 1 is 0.971 bits per heavy atom. The topological polar surface area (TPSA) is 86.9 Å². The van der Waals surface area contributed by atoms with Crippen LogP contribution in [0, 0.1) is 0 Å². The maximum absolute atomic E-state index is 13.2. The highest BCUT2D eigenvalue weighted by molar-refractivity contribution is 6.31. The van der Waals surface area contributed by atoms with Crippen LogP contribution in [0.15, 0.2) is 77.6 Å². The third-order valence-corrected chi connectivity index (χ3v) is 5.89. The zero-order valence-electron chi connectivity index (χ0n) is 19.0. The molecule has 3 aromatic carbocycles. The van der Waals surface area contributed by atoms with E-state index in [2.05, 4.69) is 5.32 Å². The van der Waals surface area contributed by atoms with Crippen LogP contribution in [0.25, 0.3) is 28.1 Å². The Morgan fingerprint density at radius 3 is 2.54 bits per heavy atom. The number of ether oxygens (including phenoxy) is 2. The number of nitrogens with zero attached hydrogens (tertiary/aromatic N) is 3. The minimum absolute atomic E-state index is 0.0827. The van der Waals surface area contributed by atoms with Gasteiger partial charge in [0.15, 0.2) is 0 Å².